The predicted octanol–water partition coefficient (Wildman–Crippen LogP) is 5.19. The summed E-state index contributed by atoms with van der Waals surface area (Å²) in [5.74, 6) is -0.338. The van der Waals surface area contributed by atoms with Crippen molar-refractivity contribution in [3.63, 3.8) is 0 Å². The van der Waals surface area contributed by atoms with Crippen LogP contribution in [0, 0.1) is 0 Å². The van der Waals surface area contributed by atoms with Crippen LogP contribution in [0.3, 0.4) is 0 Å². The van der Waals surface area contributed by atoms with Crippen LogP contribution in [0.2, 0.25) is 5.02 Å². The van der Waals surface area contributed by atoms with E-state index in [2.05, 4.69) is 10.3 Å². The number of benzene rings is 2. The Labute approximate surface area is 174 Å². The zero-order chi connectivity index (χ0) is 20.4. The molecule has 3 aromatic rings. The molecular formula is C21H13ClN2O4S. The van der Waals surface area contributed by atoms with E-state index in [4.69, 9.17) is 16.0 Å². The van der Waals surface area contributed by atoms with Crippen molar-refractivity contribution in [3.8, 4) is 11.3 Å². The highest BCUT2D eigenvalue weighted by Crippen LogP contribution is 2.32. The molecule has 1 aromatic heterocycles. The van der Waals surface area contributed by atoms with E-state index in [0.717, 1.165) is 17.3 Å². The lowest BCUT2D eigenvalue weighted by Gasteiger charge is -2.00. The van der Waals surface area contributed by atoms with Gasteiger partial charge in [0.05, 0.1) is 21.2 Å². The number of nitrogens with zero attached hydrogens (tertiary/aromatic N) is 1. The fourth-order valence-electron chi connectivity index (χ4n) is 2.71. The zero-order valence-electron chi connectivity index (χ0n) is 14.8. The third-order valence-corrected chi connectivity index (χ3v) is 5.29. The van der Waals surface area contributed by atoms with Crippen molar-refractivity contribution >= 4 is 52.2 Å². The highest BCUT2D eigenvalue weighted by Gasteiger charge is 2.25. The number of rotatable bonds is 4. The van der Waals surface area contributed by atoms with Gasteiger partial charge in [0.1, 0.15) is 11.5 Å². The monoisotopic (exact) mass is 424 g/mol. The molecule has 1 saturated heterocycles. The molecule has 1 aliphatic rings. The molecule has 8 heteroatoms. The summed E-state index contributed by atoms with van der Waals surface area (Å²) < 4.78 is 5.79. The molecule has 0 saturated carbocycles. The number of hydrogen-bond donors (Lipinski definition) is 2. The van der Waals surface area contributed by atoms with Crippen LogP contribution in [-0.2, 0) is 4.79 Å². The molecule has 2 aromatic carbocycles. The first-order valence-electron chi connectivity index (χ1n) is 8.48. The summed E-state index contributed by atoms with van der Waals surface area (Å²) in [5, 5.41) is 12.8. The van der Waals surface area contributed by atoms with Crippen molar-refractivity contribution in [1.29, 1.82) is 0 Å². The highest BCUT2D eigenvalue weighted by atomic mass is 35.5. The van der Waals surface area contributed by atoms with Gasteiger partial charge >= 0.3 is 5.97 Å². The smallest absolute Gasteiger partial charge is 0.337 e. The first-order valence-corrected chi connectivity index (χ1v) is 9.67. The van der Waals surface area contributed by atoms with E-state index in [0.29, 0.717) is 26.6 Å². The molecule has 0 radical (unpaired) electrons. The first-order chi connectivity index (χ1) is 14.0. The van der Waals surface area contributed by atoms with Crippen LogP contribution in [-0.4, -0.2) is 22.2 Å². The molecule has 29 heavy (non-hydrogen) atoms. The average Bonchev–Trinajstić information content (AvgIpc) is 3.29. The van der Waals surface area contributed by atoms with E-state index < -0.39 is 5.97 Å². The summed E-state index contributed by atoms with van der Waals surface area (Å²) >= 11 is 7.30. The van der Waals surface area contributed by atoms with Gasteiger partial charge in [0.15, 0.2) is 5.17 Å². The minimum absolute atomic E-state index is 0.0581. The first kappa shape index (κ1) is 19.0. The number of aromatic carboxylic acids is 1. The Morgan fingerprint density at radius 2 is 1.86 bits per heavy atom. The Kier molecular flexibility index (Phi) is 5.24. The average molecular weight is 425 g/mol. The Hall–Kier alpha value is -3.29. The fourth-order valence-corrected chi connectivity index (χ4v) is 3.75. The van der Waals surface area contributed by atoms with Gasteiger partial charge in [-0.2, -0.15) is 0 Å². The maximum absolute atomic E-state index is 12.3. The molecule has 1 fully saturated rings. The molecular weight excluding hydrogens is 412 g/mol. The second kappa shape index (κ2) is 7.98. The number of para-hydroxylation sites is 1. The molecule has 2 N–H and O–H groups in total. The summed E-state index contributed by atoms with van der Waals surface area (Å²) in [6.07, 6.45) is 1.60. The number of thioether (sulfide) groups is 1. The van der Waals surface area contributed by atoms with Crippen LogP contribution in [0.4, 0.5) is 5.69 Å². The van der Waals surface area contributed by atoms with Gasteiger partial charge in [-0.1, -0.05) is 35.9 Å². The number of hydrogen-bond acceptors (Lipinski definition) is 5. The maximum atomic E-state index is 12.3. The van der Waals surface area contributed by atoms with Crippen molar-refractivity contribution < 1.29 is 19.1 Å². The quantitative estimate of drug-likeness (QED) is 0.562. The van der Waals surface area contributed by atoms with E-state index >= 15 is 0 Å². The number of halogens is 1. The predicted molar refractivity (Wildman–Crippen MR) is 113 cm³/mol. The van der Waals surface area contributed by atoms with Crippen molar-refractivity contribution in [3.05, 3.63) is 81.9 Å². The number of amides is 1. The molecule has 0 spiro atoms. The Bertz CT molecular complexity index is 1180. The number of carbonyl (C=O) groups is 2. The van der Waals surface area contributed by atoms with Gasteiger partial charge in [0.25, 0.3) is 5.91 Å². The number of aliphatic imine (C=N–C) groups is 1. The van der Waals surface area contributed by atoms with Gasteiger partial charge in [-0.3, -0.25) is 4.79 Å². The molecule has 0 aliphatic carbocycles. The Morgan fingerprint density at radius 3 is 2.66 bits per heavy atom. The lowest BCUT2D eigenvalue weighted by atomic mass is 10.2. The van der Waals surface area contributed by atoms with Crippen LogP contribution < -0.4 is 5.32 Å². The molecule has 6 nitrogen and oxygen atoms in total. The molecule has 2 heterocycles. The zero-order valence-corrected chi connectivity index (χ0v) is 16.3. The van der Waals surface area contributed by atoms with Crippen LogP contribution in [0.1, 0.15) is 16.1 Å². The SMILES string of the molecule is O=C1NC(=Nc2ccccc2C(=O)O)S/C1=C/c1ccc(-c2ccccc2Cl)o1. The van der Waals surface area contributed by atoms with Crippen LogP contribution >= 0.6 is 23.4 Å². The van der Waals surface area contributed by atoms with Gasteiger partial charge < -0.3 is 14.8 Å². The molecule has 144 valence electrons. The molecule has 0 bridgehead atoms. The summed E-state index contributed by atoms with van der Waals surface area (Å²) in [7, 11) is 0. The molecule has 0 unspecified atom stereocenters. The standard InChI is InChI=1S/C21H13ClN2O4S/c22-15-7-3-1-5-13(15)17-10-9-12(28-17)11-18-19(25)24-21(29-18)23-16-8-4-2-6-14(16)20(26)27/h1-11H,(H,26,27)(H,23,24,25)/b18-11+. The summed E-state index contributed by atoms with van der Waals surface area (Å²) in [6.45, 7) is 0. The number of furan rings is 1. The second-order valence-corrected chi connectivity index (χ2v) is 7.42. The van der Waals surface area contributed by atoms with Crippen molar-refractivity contribution in [2.75, 3.05) is 0 Å². The van der Waals surface area contributed by atoms with Crippen LogP contribution in [0.15, 0.2) is 75.0 Å². The topological polar surface area (TPSA) is 91.9 Å². The second-order valence-electron chi connectivity index (χ2n) is 5.99. The molecule has 0 atom stereocenters. The minimum Gasteiger partial charge on any atom is -0.478 e. The van der Waals surface area contributed by atoms with Gasteiger partial charge in [-0.15, -0.1) is 0 Å². The van der Waals surface area contributed by atoms with E-state index in [-0.39, 0.29) is 17.2 Å². The highest BCUT2D eigenvalue weighted by molar-refractivity contribution is 8.18. The fraction of sp³-hybridized carbons (Fsp3) is 0. The van der Waals surface area contributed by atoms with Gasteiger partial charge in [-0.25, -0.2) is 9.79 Å². The van der Waals surface area contributed by atoms with Crippen LogP contribution in [0.25, 0.3) is 17.4 Å². The third-order valence-electron chi connectivity index (χ3n) is 4.05. The number of amidine groups is 1. The minimum atomic E-state index is -1.09. The van der Waals surface area contributed by atoms with Crippen LogP contribution in [0.5, 0.6) is 0 Å². The summed E-state index contributed by atoms with van der Waals surface area (Å²) in [4.78, 5) is 28.2. The van der Waals surface area contributed by atoms with Crippen molar-refractivity contribution in [2.45, 2.75) is 0 Å². The molecule has 4 rings (SSSR count). The van der Waals surface area contributed by atoms with Crippen molar-refractivity contribution in [1.82, 2.24) is 5.32 Å². The summed E-state index contributed by atoms with van der Waals surface area (Å²) in [6, 6.07) is 17.2. The van der Waals surface area contributed by atoms with Gasteiger partial charge in [0.2, 0.25) is 0 Å². The maximum Gasteiger partial charge on any atom is 0.337 e. The largest absolute Gasteiger partial charge is 0.478 e. The van der Waals surface area contributed by atoms with E-state index in [1.54, 1.807) is 42.5 Å². The molecule has 1 aliphatic heterocycles. The third kappa shape index (κ3) is 4.11. The van der Waals surface area contributed by atoms with Gasteiger partial charge in [-0.05, 0) is 48.2 Å². The van der Waals surface area contributed by atoms with Crippen molar-refractivity contribution in [2.24, 2.45) is 4.99 Å². The number of carbonyl (C=O) groups excluding carboxylic acids is 1. The Morgan fingerprint density at radius 1 is 1.10 bits per heavy atom. The van der Waals surface area contributed by atoms with E-state index in [1.807, 2.05) is 18.2 Å². The van der Waals surface area contributed by atoms with E-state index in [1.165, 1.54) is 6.07 Å². The Balaban J connectivity index is 1.59. The normalized spacial score (nSPS) is 16.4. The van der Waals surface area contributed by atoms with Gasteiger partial charge in [0, 0.05) is 11.6 Å². The summed E-state index contributed by atoms with van der Waals surface area (Å²) in [5.41, 5.74) is 1.08. The van der Waals surface area contributed by atoms with E-state index in [9.17, 15) is 14.7 Å². The number of carboxylic acid groups (broad SMARTS) is 1. The molecule has 1 amide bonds. The lowest BCUT2D eigenvalue weighted by Crippen LogP contribution is -2.19. The lowest BCUT2D eigenvalue weighted by molar-refractivity contribution is -0.115. The number of carboxylic acids is 1. The number of nitrogens with one attached hydrogen (secondary N) is 1.